The molecule has 1 amide bonds. The predicted molar refractivity (Wildman–Crippen MR) is 87.5 cm³/mol. The molecular weight excluding hydrogens is 320 g/mol. The van der Waals surface area contributed by atoms with E-state index < -0.39 is 10.8 Å². The van der Waals surface area contributed by atoms with E-state index in [0.29, 0.717) is 6.54 Å². The number of nitro benzene ring substituents is 1. The number of carbonyl (C=O) groups is 1. The highest BCUT2D eigenvalue weighted by atomic mass is 32.1. The molecule has 9 heteroatoms. The van der Waals surface area contributed by atoms with E-state index in [4.69, 9.17) is 17.0 Å². The quantitative estimate of drug-likeness (QED) is 0.366. The Balaban J connectivity index is 1.76. The third-order valence-electron chi connectivity index (χ3n) is 3.51. The number of nitro groups is 1. The van der Waals surface area contributed by atoms with Crippen molar-refractivity contribution in [2.24, 2.45) is 0 Å². The molecule has 0 spiro atoms. The molecule has 0 aromatic heterocycles. The van der Waals surface area contributed by atoms with Crippen LogP contribution >= 0.6 is 12.2 Å². The fourth-order valence-electron chi connectivity index (χ4n) is 2.24. The summed E-state index contributed by atoms with van der Waals surface area (Å²) in [4.78, 5) is 23.6. The van der Waals surface area contributed by atoms with E-state index in [1.807, 2.05) is 0 Å². The van der Waals surface area contributed by atoms with Crippen LogP contribution in [0, 0.1) is 10.1 Å². The molecule has 0 atom stereocenters. The van der Waals surface area contributed by atoms with Crippen LogP contribution in [0.4, 0.5) is 5.69 Å². The molecule has 1 aromatic carbocycles. The van der Waals surface area contributed by atoms with E-state index in [0.717, 1.165) is 32.8 Å². The molecule has 1 fully saturated rings. The van der Waals surface area contributed by atoms with Gasteiger partial charge in [-0.15, -0.1) is 0 Å². The van der Waals surface area contributed by atoms with Crippen LogP contribution < -0.4 is 15.5 Å². The Morgan fingerprint density at radius 3 is 2.83 bits per heavy atom. The third kappa shape index (κ3) is 5.55. The summed E-state index contributed by atoms with van der Waals surface area (Å²) in [6, 6.07) is 5.52. The van der Waals surface area contributed by atoms with Crippen LogP contribution in [0.3, 0.4) is 0 Å². The molecule has 1 aliphatic heterocycles. The second-order valence-corrected chi connectivity index (χ2v) is 5.54. The van der Waals surface area contributed by atoms with Crippen LogP contribution in [0.25, 0.3) is 0 Å². The fraction of sp³-hybridized carbons (Fsp3) is 0.429. The summed E-state index contributed by atoms with van der Waals surface area (Å²) in [6.45, 7) is 5.00. The number of non-ortho nitro benzene ring substituents is 1. The number of ether oxygens (including phenoxy) is 1. The second-order valence-electron chi connectivity index (χ2n) is 5.13. The lowest BCUT2D eigenvalue weighted by Gasteiger charge is -2.23. The van der Waals surface area contributed by atoms with E-state index in [-0.39, 0.29) is 16.4 Å². The smallest absolute Gasteiger partial charge is 0.270 e. The van der Waals surface area contributed by atoms with Crippen LogP contribution in [0.1, 0.15) is 10.4 Å². The summed E-state index contributed by atoms with van der Waals surface area (Å²) in [5, 5.41) is 16.4. The first-order chi connectivity index (χ1) is 11.1. The molecule has 1 saturated heterocycles. The molecule has 1 aromatic rings. The Labute approximate surface area is 138 Å². The van der Waals surface area contributed by atoms with E-state index in [2.05, 4.69) is 10.6 Å². The zero-order chi connectivity index (χ0) is 16.7. The predicted octanol–water partition coefficient (Wildman–Crippen LogP) is -0.886. The first-order valence-corrected chi connectivity index (χ1v) is 7.72. The molecule has 124 valence electrons. The highest BCUT2D eigenvalue weighted by Gasteiger charge is 2.14. The zero-order valence-electron chi connectivity index (χ0n) is 12.5. The number of rotatable bonds is 5. The van der Waals surface area contributed by atoms with E-state index in [9.17, 15) is 14.9 Å². The molecule has 0 aliphatic carbocycles. The third-order valence-corrected chi connectivity index (χ3v) is 3.76. The van der Waals surface area contributed by atoms with Crippen molar-refractivity contribution in [3.8, 4) is 0 Å². The van der Waals surface area contributed by atoms with Gasteiger partial charge in [-0.3, -0.25) is 20.2 Å². The number of quaternary nitrogens is 1. The van der Waals surface area contributed by atoms with Gasteiger partial charge in [-0.1, -0.05) is 6.07 Å². The second kappa shape index (κ2) is 8.51. The van der Waals surface area contributed by atoms with Crippen LogP contribution in [-0.4, -0.2) is 55.3 Å². The first kappa shape index (κ1) is 17.3. The van der Waals surface area contributed by atoms with Gasteiger partial charge in [0.25, 0.3) is 11.6 Å². The zero-order valence-corrected chi connectivity index (χ0v) is 13.4. The van der Waals surface area contributed by atoms with Gasteiger partial charge in [0.05, 0.1) is 31.2 Å². The number of thiocarbonyl (C=S) groups is 1. The summed E-state index contributed by atoms with van der Waals surface area (Å²) < 4.78 is 5.28. The van der Waals surface area contributed by atoms with Gasteiger partial charge in [-0.2, -0.15) is 0 Å². The molecular formula is C14H19N4O4S+. The summed E-state index contributed by atoms with van der Waals surface area (Å²) in [6.07, 6.45) is 0. The normalized spacial score (nSPS) is 15.0. The van der Waals surface area contributed by atoms with Crippen molar-refractivity contribution in [1.82, 2.24) is 10.6 Å². The number of carbonyl (C=O) groups excluding carboxylic acids is 1. The van der Waals surface area contributed by atoms with E-state index >= 15 is 0 Å². The number of hydrogen-bond acceptors (Lipinski definition) is 5. The maximum atomic E-state index is 12.0. The Bertz CT molecular complexity index is 590. The van der Waals surface area contributed by atoms with Gasteiger partial charge in [0.1, 0.15) is 13.1 Å². The maximum Gasteiger partial charge on any atom is 0.270 e. The average Bonchev–Trinajstić information content (AvgIpc) is 2.56. The van der Waals surface area contributed by atoms with Crippen LogP contribution in [0.15, 0.2) is 24.3 Å². The largest absolute Gasteiger partial charge is 0.370 e. The molecule has 23 heavy (non-hydrogen) atoms. The van der Waals surface area contributed by atoms with E-state index in [1.165, 1.54) is 29.2 Å². The average molecular weight is 339 g/mol. The van der Waals surface area contributed by atoms with Crippen molar-refractivity contribution < 1.29 is 19.4 Å². The molecule has 0 radical (unpaired) electrons. The summed E-state index contributed by atoms with van der Waals surface area (Å²) in [7, 11) is 0. The number of hydrogen-bond donors (Lipinski definition) is 3. The molecule has 0 saturated carbocycles. The van der Waals surface area contributed by atoms with Gasteiger partial charge in [0.15, 0.2) is 5.11 Å². The SMILES string of the molecule is O=C(NC(=S)NCC[NH+]1CCOCC1)c1cccc([N+](=O)[O-])c1. The minimum absolute atomic E-state index is 0.132. The molecule has 2 rings (SSSR count). The lowest BCUT2D eigenvalue weighted by molar-refractivity contribution is -0.906. The molecule has 0 bridgehead atoms. The van der Waals surface area contributed by atoms with Crippen molar-refractivity contribution in [2.75, 3.05) is 39.4 Å². The lowest BCUT2D eigenvalue weighted by atomic mass is 10.2. The lowest BCUT2D eigenvalue weighted by Crippen LogP contribution is -3.14. The van der Waals surface area contributed by atoms with Crippen molar-refractivity contribution in [3.05, 3.63) is 39.9 Å². The van der Waals surface area contributed by atoms with Gasteiger partial charge < -0.3 is 15.0 Å². The van der Waals surface area contributed by atoms with Crippen LogP contribution in [0.2, 0.25) is 0 Å². The maximum absolute atomic E-state index is 12.0. The minimum atomic E-state index is -0.543. The van der Waals surface area contributed by atoms with Crippen molar-refractivity contribution >= 4 is 28.9 Å². The number of benzene rings is 1. The summed E-state index contributed by atoms with van der Waals surface area (Å²) in [5.74, 6) is -0.468. The van der Waals surface area contributed by atoms with Crippen molar-refractivity contribution in [2.45, 2.75) is 0 Å². The topological polar surface area (TPSA) is 97.9 Å². The molecule has 0 unspecified atom stereocenters. The number of nitrogens with one attached hydrogen (secondary N) is 3. The highest BCUT2D eigenvalue weighted by Crippen LogP contribution is 2.12. The van der Waals surface area contributed by atoms with Crippen molar-refractivity contribution in [3.63, 3.8) is 0 Å². The molecule has 8 nitrogen and oxygen atoms in total. The summed E-state index contributed by atoms with van der Waals surface area (Å²) in [5.41, 5.74) is 0.0644. The summed E-state index contributed by atoms with van der Waals surface area (Å²) >= 11 is 5.07. The monoisotopic (exact) mass is 339 g/mol. The number of morpholine rings is 1. The van der Waals surface area contributed by atoms with Gasteiger partial charge in [-0.05, 0) is 18.3 Å². The first-order valence-electron chi connectivity index (χ1n) is 7.31. The van der Waals surface area contributed by atoms with Gasteiger partial charge in [0, 0.05) is 17.7 Å². The molecule has 3 N–H and O–H groups in total. The Morgan fingerprint density at radius 1 is 1.39 bits per heavy atom. The molecule has 1 aliphatic rings. The minimum Gasteiger partial charge on any atom is -0.370 e. The number of amides is 1. The Kier molecular flexibility index (Phi) is 6.39. The van der Waals surface area contributed by atoms with Gasteiger partial charge in [0.2, 0.25) is 0 Å². The Morgan fingerprint density at radius 2 is 2.13 bits per heavy atom. The van der Waals surface area contributed by atoms with Crippen LogP contribution in [0.5, 0.6) is 0 Å². The fourth-order valence-corrected chi connectivity index (χ4v) is 2.44. The van der Waals surface area contributed by atoms with Crippen molar-refractivity contribution in [1.29, 1.82) is 0 Å². The Hall–Kier alpha value is -2.10. The standard InChI is InChI=1S/C14H18N4O4S/c19-13(11-2-1-3-12(10-11)18(20)21)16-14(23)15-4-5-17-6-8-22-9-7-17/h1-3,10H,4-9H2,(H2,15,16,19,23)/p+1. The van der Waals surface area contributed by atoms with Gasteiger partial charge in [-0.25, -0.2) is 0 Å². The highest BCUT2D eigenvalue weighted by molar-refractivity contribution is 7.80. The van der Waals surface area contributed by atoms with Gasteiger partial charge >= 0.3 is 0 Å². The molecule has 1 heterocycles. The van der Waals surface area contributed by atoms with E-state index in [1.54, 1.807) is 0 Å². The number of nitrogens with zero attached hydrogens (tertiary/aromatic N) is 1. The van der Waals surface area contributed by atoms with Crippen LogP contribution in [-0.2, 0) is 4.74 Å².